The molecule has 2 saturated heterocycles. The highest BCUT2D eigenvalue weighted by Crippen LogP contribution is 2.32. The molecule has 0 saturated carbocycles. The van der Waals surface area contributed by atoms with Gasteiger partial charge in [-0.15, -0.1) is 0 Å². The summed E-state index contributed by atoms with van der Waals surface area (Å²) < 4.78 is 0. The molecule has 2 aliphatic rings. The quantitative estimate of drug-likeness (QED) is 0.743. The fourth-order valence-electron chi connectivity index (χ4n) is 3.39. The van der Waals surface area contributed by atoms with E-state index in [1.54, 1.807) is 0 Å². The van der Waals surface area contributed by atoms with Crippen LogP contribution in [0.15, 0.2) is 0 Å². The molecule has 2 fully saturated rings. The van der Waals surface area contributed by atoms with Crippen molar-refractivity contribution in [3.05, 3.63) is 0 Å². The molecule has 0 aliphatic carbocycles. The molecule has 2 heteroatoms. The van der Waals surface area contributed by atoms with Gasteiger partial charge < -0.3 is 9.80 Å². The van der Waals surface area contributed by atoms with Crippen LogP contribution in [0.5, 0.6) is 0 Å². The van der Waals surface area contributed by atoms with E-state index in [-0.39, 0.29) is 0 Å². The lowest BCUT2D eigenvalue weighted by Gasteiger charge is -2.36. The Morgan fingerprint density at radius 3 is 2.35 bits per heavy atom. The summed E-state index contributed by atoms with van der Waals surface area (Å²) in [6.07, 6.45) is 2.80. The van der Waals surface area contributed by atoms with Gasteiger partial charge in [0.05, 0.1) is 0 Å². The van der Waals surface area contributed by atoms with Crippen molar-refractivity contribution in [3.8, 4) is 0 Å². The van der Waals surface area contributed by atoms with E-state index < -0.39 is 0 Å². The van der Waals surface area contributed by atoms with Crippen molar-refractivity contribution in [1.82, 2.24) is 9.80 Å². The van der Waals surface area contributed by atoms with E-state index in [4.69, 9.17) is 0 Å². The van der Waals surface area contributed by atoms with E-state index in [9.17, 15) is 0 Å². The van der Waals surface area contributed by atoms with Crippen LogP contribution in [-0.4, -0.2) is 48.6 Å². The van der Waals surface area contributed by atoms with Gasteiger partial charge in [0.1, 0.15) is 0 Å². The molecule has 2 unspecified atom stereocenters. The van der Waals surface area contributed by atoms with Gasteiger partial charge in [-0.05, 0) is 57.5 Å². The highest BCUT2D eigenvalue weighted by atomic mass is 15.2. The molecular weight excluding hydrogens is 208 g/mol. The van der Waals surface area contributed by atoms with Crippen LogP contribution in [0.1, 0.15) is 40.5 Å². The smallest absolute Gasteiger partial charge is 0.00387 e. The maximum absolute atomic E-state index is 2.72. The van der Waals surface area contributed by atoms with Gasteiger partial charge in [0.25, 0.3) is 0 Å². The van der Waals surface area contributed by atoms with Crippen LogP contribution in [0.4, 0.5) is 0 Å². The van der Waals surface area contributed by atoms with E-state index in [0.717, 1.165) is 23.8 Å². The lowest BCUT2D eigenvalue weighted by Crippen LogP contribution is -2.43. The number of piperidine rings is 1. The number of fused-ring (bicyclic) bond motifs is 1. The Bertz CT molecular complexity index is 237. The van der Waals surface area contributed by atoms with Crippen molar-refractivity contribution in [2.75, 3.05) is 32.7 Å². The fraction of sp³-hybridized carbons (Fsp3) is 1.00. The average molecular weight is 238 g/mol. The molecule has 100 valence electrons. The molecule has 0 aromatic rings. The average Bonchev–Trinajstić information content (AvgIpc) is 2.67. The van der Waals surface area contributed by atoms with Crippen molar-refractivity contribution < 1.29 is 0 Å². The van der Waals surface area contributed by atoms with E-state index in [1.807, 2.05) is 0 Å². The first-order chi connectivity index (χ1) is 8.06. The summed E-state index contributed by atoms with van der Waals surface area (Å²) >= 11 is 0. The van der Waals surface area contributed by atoms with Crippen LogP contribution in [0, 0.1) is 17.8 Å². The third-order valence-electron chi connectivity index (χ3n) is 4.66. The number of rotatable bonds is 4. The Morgan fingerprint density at radius 2 is 1.71 bits per heavy atom. The minimum Gasteiger partial charge on any atom is -0.303 e. The molecule has 17 heavy (non-hydrogen) atoms. The highest BCUT2D eigenvalue weighted by Gasteiger charge is 2.37. The predicted molar refractivity (Wildman–Crippen MR) is 74.2 cm³/mol. The zero-order chi connectivity index (χ0) is 12.4. The molecule has 2 heterocycles. The van der Waals surface area contributed by atoms with E-state index in [0.29, 0.717) is 0 Å². The van der Waals surface area contributed by atoms with Gasteiger partial charge in [0, 0.05) is 25.7 Å². The standard InChI is InChI=1S/C15H30N2/c1-12(2)5-7-16-9-14-6-8-17(13(3)4)11-15(14)10-16/h12-15H,5-11H2,1-4H3. The minimum absolute atomic E-state index is 0.737. The minimum atomic E-state index is 0.737. The predicted octanol–water partition coefficient (Wildman–Crippen LogP) is 2.69. The zero-order valence-corrected chi connectivity index (χ0v) is 12.2. The molecule has 0 amide bonds. The first kappa shape index (κ1) is 13.4. The van der Waals surface area contributed by atoms with Crippen molar-refractivity contribution in [2.24, 2.45) is 17.8 Å². The molecule has 0 radical (unpaired) electrons. The summed E-state index contributed by atoms with van der Waals surface area (Å²) in [5.74, 6) is 2.81. The van der Waals surface area contributed by atoms with Crippen LogP contribution >= 0.6 is 0 Å². The number of hydrogen-bond acceptors (Lipinski definition) is 2. The third kappa shape index (κ3) is 3.45. The van der Waals surface area contributed by atoms with Crippen LogP contribution in [0.2, 0.25) is 0 Å². The first-order valence-corrected chi connectivity index (χ1v) is 7.52. The monoisotopic (exact) mass is 238 g/mol. The second-order valence-electron chi connectivity index (χ2n) is 6.84. The Kier molecular flexibility index (Phi) is 4.48. The molecule has 0 aromatic heterocycles. The molecule has 0 spiro atoms. The molecule has 0 bridgehead atoms. The van der Waals surface area contributed by atoms with Gasteiger partial charge in [-0.25, -0.2) is 0 Å². The zero-order valence-electron chi connectivity index (χ0n) is 12.2. The molecule has 2 aliphatic heterocycles. The lowest BCUT2D eigenvalue weighted by molar-refractivity contribution is 0.118. The van der Waals surface area contributed by atoms with Gasteiger partial charge in [0.2, 0.25) is 0 Å². The van der Waals surface area contributed by atoms with Crippen LogP contribution in [0.25, 0.3) is 0 Å². The Morgan fingerprint density at radius 1 is 1.00 bits per heavy atom. The molecule has 2 rings (SSSR count). The molecule has 0 aromatic carbocycles. The highest BCUT2D eigenvalue weighted by molar-refractivity contribution is 4.90. The van der Waals surface area contributed by atoms with Gasteiger partial charge in [-0.3, -0.25) is 0 Å². The SMILES string of the molecule is CC(C)CCN1CC2CCN(C(C)C)CC2C1. The third-order valence-corrected chi connectivity index (χ3v) is 4.66. The summed E-state index contributed by atoms with van der Waals surface area (Å²) in [6.45, 7) is 16.1. The summed E-state index contributed by atoms with van der Waals surface area (Å²) in [4.78, 5) is 5.40. The Labute approximate surface area is 107 Å². The lowest BCUT2D eigenvalue weighted by atomic mass is 9.88. The second kappa shape index (κ2) is 5.71. The summed E-state index contributed by atoms with van der Waals surface area (Å²) in [6, 6.07) is 0.737. The second-order valence-corrected chi connectivity index (χ2v) is 6.84. The molecule has 2 atom stereocenters. The number of hydrogen-bond donors (Lipinski definition) is 0. The van der Waals surface area contributed by atoms with Gasteiger partial charge in [-0.1, -0.05) is 13.8 Å². The van der Waals surface area contributed by atoms with Crippen LogP contribution in [-0.2, 0) is 0 Å². The van der Waals surface area contributed by atoms with Crippen LogP contribution < -0.4 is 0 Å². The molecule has 0 N–H and O–H groups in total. The van der Waals surface area contributed by atoms with Gasteiger partial charge >= 0.3 is 0 Å². The topological polar surface area (TPSA) is 6.48 Å². The molecular formula is C15H30N2. The van der Waals surface area contributed by atoms with E-state index in [2.05, 4.69) is 37.5 Å². The van der Waals surface area contributed by atoms with Crippen molar-refractivity contribution in [1.29, 1.82) is 0 Å². The van der Waals surface area contributed by atoms with Gasteiger partial charge in [-0.2, -0.15) is 0 Å². The van der Waals surface area contributed by atoms with E-state index >= 15 is 0 Å². The van der Waals surface area contributed by atoms with Crippen molar-refractivity contribution in [2.45, 2.75) is 46.6 Å². The maximum Gasteiger partial charge on any atom is 0.00387 e. The van der Waals surface area contributed by atoms with Crippen LogP contribution in [0.3, 0.4) is 0 Å². The Hall–Kier alpha value is -0.0800. The number of nitrogens with zero attached hydrogens (tertiary/aromatic N) is 2. The summed E-state index contributed by atoms with van der Waals surface area (Å²) in [5, 5.41) is 0. The van der Waals surface area contributed by atoms with E-state index in [1.165, 1.54) is 45.6 Å². The summed E-state index contributed by atoms with van der Waals surface area (Å²) in [7, 11) is 0. The maximum atomic E-state index is 2.72. The normalized spacial score (nSPS) is 31.4. The van der Waals surface area contributed by atoms with Gasteiger partial charge in [0.15, 0.2) is 0 Å². The molecule has 2 nitrogen and oxygen atoms in total. The van der Waals surface area contributed by atoms with Crippen molar-refractivity contribution >= 4 is 0 Å². The summed E-state index contributed by atoms with van der Waals surface area (Å²) in [5.41, 5.74) is 0. The fourth-order valence-corrected chi connectivity index (χ4v) is 3.39. The Balaban J connectivity index is 1.80. The first-order valence-electron chi connectivity index (χ1n) is 7.52. The van der Waals surface area contributed by atoms with Crippen molar-refractivity contribution in [3.63, 3.8) is 0 Å². The number of likely N-dealkylation sites (tertiary alicyclic amines) is 2. The largest absolute Gasteiger partial charge is 0.303 e.